The van der Waals surface area contributed by atoms with Gasteiger partial charge in [0.15, 0.2) is 8.07 Å². The largest absolute Gasteiger partial charge is 0.309 e. The van der Waals surface area contributed by atoms with Gasteiger partial charge in [-0.3, -0.25) is 0 Å². The number of para-hydroxylation sites is 3. The summed E-state index contributed by atoms with van der Waals surface area (Å²) < 4.78 is 4.91. The van der Waals surface area contributed by atoms with Gasteiger partial charge in [-0.05, 0) is 118 Å². The van der Waals surface area contributed by atoms with Crippen LogP contribution in [0.2, 0.25) is 0 Å². The lowest BCUT2D eigenvalue weighted by Crippen LogP contribution is -2.74. The van der Waals surface area contributed by atoms with Crippen LogP contribution in [0.1, 0.15) is 26.3 Å². The second-order valence-corrected chi connectivity index (χ2v) is 21.3. The van der Waals surface area contributed by atoms with Crippen LogP contribution in [0.15, 0.2) is 254 Å². The van der Waals surface area contributed by atoms with Crippen LogP contribution in [0.5, 0.6) is 0 Å². The minimum Gasteiger partial charge on any atom is -0.309 e. The van der Waals surface area contributed by atoms with Crippen molar-refractivity contribution in [2.75, 3.05) is 0 Å². The molecule has 316 valence electrons. The van der Waals surface area contributed by atoms with Crippen LogP contribution in [0.3, 0.4) is 0 Å². The first-order chi connectivity index (χ1) is 32.4. The van der Waals surface area contributed by atoms with E-state index in [4.69, 9.17) is 0 Å². The maximum atomic E-state index is 4.41. The molecule has 9 aromatic carbocycles. The lowest BCUT2D eigenvalue weighted by atomic mass is 9.93. The van der Waals surface area contributed by atoms with Crippen molar-refractivity contribution in [3.8, 4) is 22.5 Å². The van der Waals surface area contributed by atoms with Gasteiger partial charge in [0.2, 0.25) is 0 Å². The van der Waals surface area contributed by atoms with E-state index >= 15 is 0 Å². The monoisotopic (exact) mass is 862 g/mol. The normalized spacial score (nSPS) is 12.4. The molecule has 0 saturated heterocycles. The summed E-state index contributed by atoms with van der Waals surface area (Å²) in [6, 6.07) is 83.6. The quantitative estimate of drug-likeness (QED) is 0.0736. The number of hydrogen-bond acceptors (Lipinski definition) is 0. The molecular formula is C63H50N2Si. The van der Waals surface area contributed by atoms with Crippen LogP contribution in [-0.4, -0.2) is 17.2 Å². The molecule has 0 saturated carbocycles. The van der Waals surface area contributed by atoms with Crippen LogP contribution in [0.25, 0.3) is 71.7 Å². The first kappa shape index (κ1) is 40.8. The molecule has 2 aromatic heterocycles. The first-order valence-electron chi connectivity index (χ1n) is 22.9. The van der Waals surface area contributed by atoms with Gasteiger partial charge in [-0.1, -0.05) is 200 Å². The number of nitrogens with zero attached hydrogens (tertiary/aromatic N) is 2. The van der Waals surface area contributed by atoms with Crippen molar-refractivity contribution in [1.82, 2.24) is 9.13 Å². The zero-order valence-corrected chi connectivity index (χ0v) is 38.6. The van der Waals surface area contributed by atoms with Gasteiger partial charge < -0.3 is 9.13 Å². The van der Waals surface area contributed by atoms with Crippen molar-refractivity contribution in [3.05, 3.63) is 260 Å². The number of benzene rings is 9. The van der Waals surface area contributed by atoms with E-state index in [1.807, 2.05) is 0 Å². The number of aromatic nitrogens is 2. The highest BCUT2D eigenvalue weighted by atomic mass is 28.3. The van der Waals surface area contributed by atoms with E-state index in [-0.39, 0.29) is 0 Å². The second-order valence-electron chi connectivity index (χ2n) is 17.5. The summed E-state index contributed by atoms with van der Waals surface area (Å²) >= 11 is 0. The van der Waals surface area contributed by atoms with E-state index < -0.39 is 8.07 Å². The van der Waals surface area contributed by atoms with Gasteiger partial charge in [-0.15, -0.1) is 0 Å². The van der Waals surface area contributed by atoms with Crippen molar-refractivity contribution in [3.63, 3.8) is 0 Å². The summed E-state index contributed by atoms with van der Waals surface area (Å²) in [4.78, 5) is 0. The van der Waals surface area contributed by atoms with Crippen LogP contribution < -0.4 is 20.7 Å². The van der Waals surface area contributed by atoms with E-state index in [1.165, 1.54) is 81.1 Å². The van der Waals surface area contributed by atoms with E-state index in [1.54, 1.807) is 0 Å². The first-order valence-corrected chi connectivity index (χ1v) is 24.9. The Kier molecular flexibility index (Phi) is 10.4. The van der Waals surface area contributed by atoms with Gasteiger partial charge in [0, 0.05) is 32.9 Å². The summed E-state index contributed by atoms with van der Waals surface area (Å²) in [6.45, 7) is 10.8. The zero-order chi connectivity index (χ0) is 44.8. The highest BCUT2D eigenvalue weighted by Gasteiger charge is 2.41. The fraction of sp³-hybridized carbons (Fsp3) is 0.0476. The fourth-order valence-corrected chi connectivity index (χ4v) is 15.5. The Balaban J connectivity index is 1.17. The van der Waals surface area contributed by atoms with Gasteiger partial charge in [-0.2, -0.15) is 0 Å². The van der Waals surface area contributed by atoms with Gasteiger partial charge in [0.25, 0.3) is 0 Å². The molecule has 3 heteroatoms. The van der Waals surface area contributed by atoms with E-state index in [0.29, 0.717) is 0 Å². The van der Waals surface area contributed by atoms with E-state index in [9.17, 15) is 0 Å². The maximum absolute atomic E-state index is 4.41. The molecule has 0 radical (unpaired) electrons. The standard InChI is InChI=1S/C63H50N2Si/c1-5-21-45(4)63(44(2)3)47-36-39-62-58(42-47)57-30-17-20-33-61(57)65(62)50-41-48(40-49(43-50)64-59-31-18-15-28-55(59)56-29-16-19-32-60(56)64)46-34-37-54(38-35-46)66(51-22-9-6-10-23-51,52-24-11-7-12-25-52)53-26-13-8-14-27-53/h5-43H,2H2,1,3-4H3/b21-5-,63-45+. The van der Waals surface area contributed by atoms with Gasteiger partial charge in [0.1, 0.15) is 0 Å². The van der Waals surface area contributed by atoms with Gasteiger partial charge in [0.05, 0.1) is 22.1 Å². The van der Waals surface area contributed by atoms with Crippen molar-refractivity contribution >= 4 is 78.0 Å². The van der Waals surface area contributed by atoms with Crippen LogP contribution in [0, 0.1) is 0 Å². The highest BCUT2D eigenvalue weighted by molar-refractivity contribution is 7.19. The Labute approximate surface area is 388 Å². The Hall–Kier alpha value is -7.98. The van der Waals surface area contributed by atoms with E-state index in [2.05, 4.69) is 273 Å². The molecule has 0 fully saturated rings. The molecule has 0 aliphatic heterocycles. The summed E-state index contributed by atoms with van der Waals surface area (Å²) in [7, 11) is -2.71. The molecule has 0 atom stereocenters. The summed E-state index contributed by atoms with van der Waals surface area (Å²) in [5.41, 5.74) is 13.9. The molecule has 0 aliphatic rings. The summed E-state index contributed by atoms with van der Waals surface area (Å²) in [5.74, 6) is 0. The molecule has 0 spiro atoms. The average Bonchev–Trinajstić information content (AvgIpc) is 3.88. The number of fused-ring (bicyclic) bond motifs is 6. The molecule has 0 bridgehead atoms. The lowest BCUT2D eigenvalue weighted by Gasteiger charge is -2.34. The van der Waals surface area contributed by atoms with Crippen LogP contribution in [-0.2, 0) is 0 Å². The minimum absolute atomic E-state index is 1.06. The fourth-order valence-electron chi connectivity index (χ4n) is 10.7. The van der Waals surface area contributed by atoms with E-state index in [0.717, 1.165) is 28.0 Å². The molecule has 0 aliphatic carbocycles. The van der Waals surface area contributed by atoms with Crippen molar-refractivity contribution in [1.29, 1.82) is 0 Å². The Morgan fingerprint density at radius 3 is 1.27 bits per heavy atom. The lowest BCUT2D eigenvalue weighted by molar-refractivity contribution is 1.13. The van der Waals surface area contributed by atoms with Crippen molar-refractivity contribution in [2.24, 2.45) is 0 Å². The topological polar surface area (TPSA) is 9.86 Å². The molecule has 11 aromatic rings. The minimum atomic E-state index is -2.71. The molecule has 66 heavy (non-hydrogen) atoms. The Morgan fingerprint density at radius 1 is 0.409 bits per heavy atom. The molecular weight excluding hydrogens is 813 g/mol. The predicted molar refractivity (Wildman–Crippen MR) is 286 cm³/mol. The number of hydrogen-bond donors (Lipinski definition) is 0. The van der Waals surface area contributed by atoms with Crippen LogP contribution >= 0.6 is 0 Å². The summed E-state index contributed by atoms with van der Waals surface area (Å²) in [5, 5.41) is 10.4. The molecule has 0 amide bonds. The number of allylic oxidation sites excluding steroid dienone is 5. The highest BCUT2D eigenvalue weighted by Crippen LogP contribution is 2.39. The van der Waals surface area contributed by atoms with Crippen LogP contribution in [0.4, 0.5) is 0 Å². The molecule has 0 unspecified atom stereocenters. The van der Waals surface area contributed by atoms with Crippen molar-refractivity contribution in [2.45, 2.75) is 20.8 Å². The smallest absolute Gasteiger partial charge is 0.179 e. The third kappa shape index (κ3) is 6.71. The third-order valence-electron chi connectivity index (χ3n) is 13.5. The second kappa shape index (κ2) is 16.9. The third-order valence-corrected chi connectivity index (χ3v) is 18.3. The SMILES string of the molecule is C=C(C)/C(=C(C)\C=C/C)c1ccc2c(c1)c1ccccc1n2-c1cc(-c2ccc([Si](c3ccccc3)(c3ccccc3)c3ccccc3)cc2)cc(-n2c3ccccc3c3ccccc32)c1. The molecule has 0 N–H and O–H groups in total. The zero-order valence-electron chi connectivity index (χ0n) is 37.6. The number of rotatable bonds is 10. The maximum Gasteiger partial charge on any atom is 0.179 e. The Bertz CT molecular complexity index is 3510. The van der Waals surface area contributed by atoms with Crippen molar-refractivity contribution < 1.29 is 0 Å². The van der Waals surface area contributed by atoms with Gasteiger partial charge >= 0.3 is 0 Å². The average molecular weight is 863 g/mol. The van der Waals surface area contributed by atoms with Gasteiger partial charge in [-0.25, -0.2) is 0 Å². The molecule has 2 nitrogen and oxygen atoms in total. The Morgan fingerprint density at radius 2 is 0.818 bits per heavy atom. The predicted octanol–water partition coefficient (Wildman–Crippen LogP) is 13.9. The summed E-state index contributed by atoms with van der Waals surface area (Å²) in [6.07, 6.45) is 4.28. The molecule has 11 rings (SSSR count). The molecule has 2 heterocycles.